The first-order valence-electron chi connectivity index (χ1n) is 9.70. The van der Waals surface area contributed by atoms with Crippen LogP contribution in [0.4, 0.5) is 13.2 Å². The summed E-state index contributed by atoms with van der Waals surface area (Å²) in [6, 6.07) is 0.375. The predicted molar refractivity (Wildman–Crippen MR) is 108 cm³/mol. The van der Waals surface area contributed by atoms with Crippen molar-refractivity contribution in [2.75, 3.05) is 26.3 Å². The van der Waals surface area contributed by atoms with Gasteiger partial charge in [-0.05, 0) is 26.0 Å². The van der Waals surface area contributed by atoms with Gasteiger partial charge in [-0.3, -0.25) is 14.9 Å². The van der Waals surface area contributed by atoms with Gasteiger partial charge in [-0.2, -0.15) is 13.2 Å². The SMILES string of the molecule is CC(NC(O)C(F)(F)F)c1ccc(C(=O)NC[C@@H]2COCCN2C(=O)C(N)C(C)N)s1. The van der Waals surface area contributed by atoms with E-state index in [4.69, 9.17) is 21.3 Å². The Kier molecular flexibility index (Phi) is 8.80. The van der Waals surface area contributed by atoms with Crippen LogP contribution in [0.5, 0.6) is 0 Å². The maximum Gasteiger partial charge on any atom is 0.427 e. The van der Waals surface area contributed by atoms with Crippen LogP contribution in [-0.4, -0.2) is 78.7 Å². The van der Waals surface area contributed by atoms with Crippen LogP contribution in [0.1, 0.15) is 34.4 Å². The van der Waals surface area contributed by atoms with E-state index in [0.717, 1.165) is 11.3 Å². The summed E-state index contributed by atoms with van der Waals surface area (Å²) in [6.07, 6.45) is -7.46. The molecule has 1 aromatic rings. The van der Waals surface area contributed by atoms with Crippen LogP contribution in [0.25, 0.3) is 0 Å². The lowest BCUT2D eigenvalue weighted by molar-refractivity contribution is -0.215. The summed E-state index contributed by atoms with van der Waals surface area (Å²) in [5.74, 6) is -0.756. The normalized spacial score (nSPS) is 21.3. The van der Waals surface area contributed by atoms with Gasteiger partial charge in [0.05, 0.1) is 30.2 Å². The molecule has 31 heavy (non-hydrogen) atoms. The summed E-state index contributed by atoms with van der Waals surface area (Å²) in [5, 5.41) is 13.9. The van der Waals surface area contributed by atoms with Crippen LogP contribution in [-0.2, 0) is 9.53 Å². The van der Waals surface area contributed by atoms with Crippen molar-refractivity contribution in [2.24, 2.45) is 11.5 Å². The van der Waals surface area contributed by atoms with Gasteiger partial charge in [0.15, 0.2) is 0 Å². The van der Waals surface area contributed by atoms with E-state index in [1.165, 1.54) is 19.1 Å². The number of nitrogens with one attached hydrogen (secondary N) is 2. The Hall–Kier alpha value is -1.77. The van der Waals surface area contributed by atoms with E-state index in [2.05, 4.69) is 5.32 Å². The molecule has 13 heteroatoms. The molecule has 2 heterocycles. The lowest BCUT2D eigenvalue weighted by atomic mass is 10.1. The topological polar surface area (TPSA) is 143 Å². The summed E-state index contributed by atoms with van der Waals surface area (Å²) in [5.41, 5.74) is 11.6. The van der Waals surface area contributed by atoms with Crippen molar-refractivity contribution in [1.82, 2.24) is 15.5 Å². The van der Waals surface area contributed by atoms with Gasteiger partial charge >= 0.3 is 6.18 Å². The molecule has 7 N–H and O–H groups in total. The highest BCUT2D eigenvalue weighted by Gasteiger charge is 2.39. The van der Waals surface area contributed by atoms with Crippen molar-refractivity contribution in [3.8, 4) is 0 Å². The molecule has 1 aromatic heterocycles. The van der Waals surface area contributed by atoms with Crippen molar-refractivity contribution in [1.29, 1.82) is 0 Å². The molecule has 0 saturated carbocycles. The number of morpholine rings is 1. The van der Waals surface area contributed by atoms with E-state index < -0.39 is 42.5 Å². The predicted octanol–water partition coefficient (Wildman–Crippen LogP) is -0.0889. The van der Waals surface area contributed by atoms with Crippen molar-refractivity contribution >= 4 is 23.2 Å². The maximum absolute atomic E-state index is 12.5. The van der Waals surface area contributed by atoms with Crippen LogP contribution in [0.3, 0.4) is 0 Å². The zero-order valence-electron chi connectivity index (χ0n) is 17.2. The second-order valence-corrected chi connectivity index (χ2v) is 8.51. The monoisotopic (exact) mass is 467 g/mol. The molecule has 0 spiro atoms. The standard InChI is InChI=1S/C18H28F3N5O4S/c1-9(22)14(23)16(28)26-5-6-30-8-11(26)7-24-15(27)13-4-3-12(31-13)10(2)25-17(29)18(19,20)21/h3-4,9-11,14,17,25,29H,5-8,22-23H2,1-2H3,(H,24,27)/t9?,10?,11-,14?,17?/m1/s1. The number of carbonyl (C=O) groups excluding carboxylic acids is 2. The number of rotatable bonds is 8. The molecule has 0 radical (unpaired) electrons. The van der Waals surface area contributed by atoms with Gasteiger partial charge in [0.1, 0.15) is 0 Å². The number of hydrogen-bond acceptors (Lipinski definition) is 8. The minimum Gasteiger partial charge on any atom is -0.377 e. The van der Waals surface area contributed by atoms with Crippen LogP contribution >= 0.6 is 11.3 Å². The van der Waals surface area contributed by atoms with E-state index in [9.17, 15) is 22.8 Å². The van der Waals surface area contributed by atoms with Crippen molar-refractivity contribution < 1.29 is 32.6 Å². The fraction of sp³-hybridized carbons (Fsp3) is 0.667. The van der Waals surface area contributed by atoms with Gasteiger partial charge in [-0.25, -0.2) is 0 Å². The number of nitrogens with two attached hydrogens (primary N) is 2. The number of amides is 2. The van der Waals surface area contributed by atoms with Gasteiger partial charge in [-0.15, -0.1) is 11.3 Å². The molecule has 1 aliphatic heterocycles. The second kappa shape index (κ2) is 10.7. The molecular weight excluding hydrogens is 439 g/mol. The first kappa shape index (κ1) is 25.5. The van der Waals surface area contributed by atoms with Gasteiger partial charge < -0.3 is 31.5 Å². The number of carbonyl (C=O) groups is 2. The summed E-state index contributed by atoms with van der Waals surface area (Å²) in [6.45, 7) is 4.11. The number of ether oxygens (including phenoxy) is 1. The molecule has 5 atom stereocenters. The zero-order chi connectivity index (χ0) is 23.3. The Morgan fingerprint density at radius 3 is 2.65 bits per heavy atom. The van der Waals surface area contributed by atoms with Crippen LogP contribution in [0, 0.1) is 0 Å². The molecule has 9 nitrogen and oxygen atoms in total. The molecule has 2 rings (SSSR count). The maximum atomic E-state index is 12.5. The third-order valence-corrected chi connectivity index (χ3v) is 6.12. The smallest absolute Gasteiger partial charge is 0.377 e. The van der Waals surface area contributed by atoms with E-state index in [-0.39, 0.29) is 23.9 Å². The Balaban J connectivity index is 1.95. The average molecular weight is 468 g/mol. The summed E-state index contributed by atoms with van der Waals surface area (Å²) in [7, 11) is 0. The Bertz CT molecular complexity index is 761. The summed E-state index contributed by atoms with van der Waals surface area (Å²) >= 11 is 1.00. The molecule has 1 aliphatic rings. The minimum absolute atomic E-state index is 0.115. The third kappa shape index (κ3) is 6.85. The average Bonchev–Trinajstić information content (AvgIpc) is 3.20. The molecule has 4 unspecified atom stereocenters. The van der Waals surface area contributed by atoms with E-state index in [1.807, 2.05) is 5.32 Å². The number of aliphatic hydroxyl groups is 1. The van der Waals surface area contributed by atoms with Crippen molar-refractivity contribution in [3.63, 3.8) is 0 Å². The summed E-state index contributed by atoms with van der Waals surface area (Å²) in [4.78, 5) is 27.3. The van der Waals surface area contributed by atoms with Crippen molar-refractivity contribution in [2.45, 2.75) is 50.4 Å². The van der Waals surface area contributed by atoms with Crippen LogP contribution in [0.2, 0.25) is 0 Å². The fourth-order valence-electron chi connectivity index (χ4n) is 2.95. The van der Waals surface area contributed by atoms with Gasteiger partial charge in [-0.1, -0.05) is 0 Å². The minimum atomic E-state index is -4.79. The highest BCUT2D eigenvalue weighted by Crippen LogP contribution is 2.26. The van der Waals surface area contributed by atoms with E-state index in [1.54, 1.807) is 11.8 Å². The number of nitrogens with zero attached hydrogens (tertiary/aromatic N) is 1. The largest absolute Gasteiger partial charge is 0.427 e. The highest BCUT2D eigenvalue weighted by molar-refractivity contribution is 7.14. The quantitative estimate of drug-likeness (QED) is 0.336. The molecule has 2 amide bonds. The molecule has 0 aliphatic carbocycles. The molecule has 0 aromatic carbocycles. The second-order valence-electron chi connectivity index (χ2n) is 7.39. The highest BCUT2D eigenvalue weighted by atomic mass is 32.1. The zero-order valence-corrected chi connectivity index (χ0v) is 18.0. The Morgan fingerprint density at radius 1 is 1.35 bits per heavy atom. The molecule has 176 valence electrons. The number of alkyl halides is 3. The number of hydrogen-bond donors (Lipinski definition) is 5. The molecule has 1 fully saturated rings. The Morgan fingerprint density at radius 2 is 2.03 bits per heavy atom. The number of thiophene rings is 1. The van der Waals surface area contributed by atoms with E-state index in [0.29, 0.717) is 18.0 Å². The van der Waals surface area contributed by atoms with Gasteiger partial charge in [0.25, 0.3) is 5.91 Å². The fourth-order valence-corrected chi connectivity index (χ4v) is 3.88. The van der Waals surface area contributed by atoms with Gasteiger partial charge in [0, 0.05) is 30.1 Å². The first-order chi connectivity index (χ1) is 14.4. The van der Waals surface area contributed by atoms with Gasteiger partial charge in [0.2, 0.25) is 12.1 Å². The lowest BCUT2D eigenvalue weighted by Crippen LogP contribution is -2.60. The first-order valence-corrected chi connectivity index (χ1v) is 10.5. The van der Waals surface area contributed by atoms with Crippen LogP contribution in [0.15, 0.2) is 12.1 Å². The molecule has 0 bridgehead atoms. The molecular formula is C18H28F3N5O4S. The Labute approximate surface area is 181 Å². The summed E-state index contributed by atoms with van der Waals surface area (Å²) < 4.78 is 42.9. The third-order valence-electron chi connectivity index (χ3n) is 4.86. The number of aliphatic hydroxyl groups excluding tert-OH is 1. The van der Waals surface area contributed by atoms with Crippen molar-refractivity contribution in [3.05, 3.63) is 21.9 Å². The van der Waals surface area contributed by atoms with E-state index >= 15 is 0 Å². The lowest BCUT2D eigenvalue weighted by Gasteiger charge is -2.37. The molecule has 1 saturated heterocycles. The number of halogens is 3. The van der Waals surface area contributed by atoms with Crippen LogP contribution < -0.4 is 22.1 Å².